The van der Waals surface area contributed by atoms with Gasteiger partial charge in [0, 0.05) is 6.42 Å². The molecule has 0 saturated carbocycles. The summed E-state index contributed by atoms with van der Waals surface area (Å²) in [6.07, 6.45) is -0.122. The zero-order chi connectivity index (χ0) is 17.5. The van der Waals surface area contributed by atoms with E-state index in [0.29, 0.717) is 13.0 Å². The molecule has 3 aromatic carbocycles. The average molecular weight is 333 g/mol. The van der Waals surface area contributed by atoms with Gasteiger partial charge in [0.15, 0.2) is 0 Å². The molecule has 0 amide bonds. The SMILES string of the molecule is N[C@@H](c1cccc(OCc2ccccc2)c1)[C@H](O)Cc1ccccc1. The van der Waals surface area contributed by atoms with E-state index in [0.717, 1.165) is 22.4 Å². The molecule has 0 aliphatic rings. The van der Waals surface area contributed by atoms with E-state index < -0.39 is 12.1 Å². The van der Waals surface area contributed by atoms with E-state index in [1.807, 2.05) is 84.9 Å². The molecule has 2 atom stereocenters. The molecule has 128 valence electrons. The molecule has 0 unspecified atom stereocenters. The maximum absolute atomic E-state index is 10.5. The molecule has 3 aromatic rings. The van der Waals surface area contributed by atoms with Crippen LogP contribution in [0.1, 0.15) is 22.7 Å². The molecule has 0 aliphatic heterocycles. The van der Waals surface area contributed by atoms with Crippen LogP contribution in [0.4, 0.5) is 0 Å². The fourth-order valence-electron chi connectivity index (χ4n) is 2.76. The predicted octanol–water partition coefficient (Wildman–Crippen LogP) is 3.87. The summed E-state index contributed by atoms with van der Waals surface area (Å²) in [5.74, 6) is 0.753. The number of benzene rings is 3. The largest absolute Gasteiger partial charge is 0.489 e. The van der Waals surface area contributed by atoms with Gasteiger partial charge in [-0.1, -0.05) is 72.8 Å². The quantitative estimate of drug-likeness (QED) is 0.690. The molecule has 0 aliphatic carbocycles. The van der Waals surface area contributed by atoms with Crippen molar-refractivity contribution in [3.8, 4) is 5.75 Å². The van der Waals surface area contributed by atoms with E-state index in [1.165, 1.54) is 0 Å². The van der Waals surface area contributed by atoms with Crippen molar-refractivity contribution in [1.82, 2.24) is 0 Å². The standard InChI is InChI=1S/C22H23NO2/c23-22(21(24)14-17-8-3-1-4-9-17)19-12-7-13-20(15-19)25-16-18-10-5-2-6-11-18/h1-13,15,21-22,24H,14,16,23H2/t21-,22+/m1/s1. The van der Waals surface area contributed by atoms with Crippen LogP contribution in [-0.4, -0.2) is 11.2 Å². The van der Waals surface area contributed by atoms with Crippen molar-refractivity contribution < 1.29 is 9.84 Å². The summed E-state index contributed by atoms with van der Waals surface area (Å²) in [7, 11) is 0. The van der Waals surface area contributed by atoms with Crippen LogP contribution in [0.25, 0.3) is 0 Å². The van der Waals surface area contributed by atoms with Crippen molar-refractivity contribution in [1.29, 1.82) is 0 Å². The molecule has 3 N–H and O–H groups in total. The Morgan fingerprint density at radius 1 is 0.800 bits per heavy atom. The summed E-state index contributed by atoms with van der Waals surface area (Å²) in [6.45, 7) is 0.506. The third-order valence-electron chi connectivity index (χ3n) is 4.19. The van der Waals surface area contributed by atoms with Crippen molar-refractivity contribution >= 4 is 0 Å². The monoisotopic (exact) mass is 333 g/mol. The highest BCUT2D eigenvalue weighted by Gasteiger charge is 2.17. The van der Waals surface area contributed by atoms with Crippen molar-refractivity contribution in [3.63, 3.8) is 0 Å². The maximum Gasteiger partial charge on any atom is 0.120 e. The van der Waals surface area contributed by atoms with Crippen LogP contribution in [0.5, 0.6) is 5.75 Å². The lowest BCUT2D eigenvalue weighted by molar-refractivity contribution is 0.145. The molecule has 0 radical (unpaired) electrons. The summed E-state index contributed by atoms with van der Waals surface area (Å²) in [4.78, 5) is 0. The van der Waals surface area contributed by atoms with Gasteiger partial charge < -0.3 is 15.6 Å². The summed E-state index contributed by atoms with van der Waals surface area (Å²) in [6, 6.07) is 27.1. The number of hydrogen-bond donors (Lipinski definition) is 2. The fourth-order valence-corrected chi connectivity index (χ4v) is 2.76. The lowest BCUT2D eigenvalue weighted by atomic mass is 9.97. The van der Waals surface area contributed by atoms with E-state index in [1.54, 1.807) is 0 Å². The molecule has 3 heteroatoms. The van der Waals surface area contributed by atoms with Crippen LogP contribution in [-0.2, 0) is 13.0 Å². The second kappa shape index (κ2) is 8.47. The molecule has 3 nitrogen and oxygen atoms in total. The number of aliphatic hydroxyl groups is 1. The number of rotatable bonds is 7. The molecule has 0 spiro atoms. The Bertz CT molecular complexity index is 774. The van der Waals surface area contributed by atoms with Crippen molar-refractivity contribution in [2.75, 3.05) is 0 Å². The molecule has 0 saturated heterocycles. The number of aliphatic hydroxyl groups excluding tert-OH is 1. The highest BCUT2D eigenvalue weighted by molar-refractivity contribution is 5.32. The van der Waals surface area contributed by atoms with E-state index in [9.17, 15) is 5.11 Å². The summed E-state index contributed by atoms with van der Waals surface area (Å²) in [5.41, 5.74) is 9.31. The average Bonchev–Trinajstić information content (AvgIpc) is 2.67. The summed E-state index contributed by atoms with van der Waals surface area (Å²) in [5, 5.41) is 10.5. The molecule has 0 fully saturated rings. The van der Waals surface area contributed by atoms with Gasteiger partial charge >= 0.3 is 0 Å². The minimum Gasteiger partial charge on any atom is -0.489 e. The third kappa shape index (κ3) is 4.92. The topological polar surface area (TPSA) is 55.5 Å². The molecule has 25 heavy (non-hydrogen) atoms. The van der Waals surface area contributed by atoms with Crippen LogP contribution in [0, 0.1) is 0 Å². The molecule has 0 heterocycles. The second-order valence-electron chi connectivity index (χ2n) is 6.13. The van der Waals surface area contributed by atoms with Crippen LogP contribution in [0.2, 0.25) is 0 Å². The van der Waals surface area contributed by atoms with Gasteiger partial charge in [0.05, 0.1) is 12.1 Å². The third-order valence-corrected chi connectivity index (χ3v) is 4.19. The highest BCUT2D eigenvalue weighted by Crippen LogP contribution is 2.22. The van der Waals surface area contributed by atoms with Crippen molar-refractivity contribution in [3.05, 3.63) is 102 Å². The van der Waals surface area contributed by atoms with Gasteiger partial charge in [0.1, 0.15) is 12.4 Å². The molecular weight excluding hydrogens is 310 g/mol. The zero-order valence-corrected chi connectivity index (χ0v) is 14.1. The van der Waals surface area contributed by atoms with E-state index in [4.69, 9.17) is 10.5 Å². The van der Waals surface area contributed by atoms with Gasteiger partial charge in [-0.2, -0.15) is 0 Å². The first-order chi connectivity index (χ1) is 12.2. The fraction of sp³-hybridized carbons (Fsp3) is 0.182. The number of nitrogens with two attached hydrogens (primary N) is 1. The Morgan fingerprint density at radius 3 is 2.12 bits per heavy atom. The van der Waals surface area contributed by atoms with Gasteiger partial charge in [-0.25, -0.2) is 0 Å². The zero-order valence-electron chi connectivity index (χ0n) is 14.1. The lowest BCUT2D eigenvalue weighted by Crippen LogP contribution is -2.28. The number of hydrogen-bond acceptors (Lipinski definition) is 3. The van der Waals surface area contributed by atoms with Crippen LogP contribution in [0.3, 0.4) is 0 Å². The smallest absolute Gasteiger partial charge is 0.120 e. The van der Waals surface area contributed by atoms with Crippen LogP contribution >= 0.6 is 0 Å². The predicted molar refractivity (Wildman–Crippen MR) is 100 cm³/mol. The van der Waals surface area contributed by atoms with E-state index in [-0.39, 0.29) is 0 Å². The normalized spacial score (nSPS) is 13.2. The first-order valence-electron chi connectivity index (χ1n) is 8.46. The summed E-state index contributed by atoms with van der Waals surface area (Å²) >= 11 is 0. The van der Waals surface area contributed by atoms with Gasteiger partial charge in [-0.05, 0) is 28.8 Å². The maximum atomic E-state index is 10.5. The summed E-state index contributed by atoms with van der Waals surface area (Å²) < 4.78 is 5.84. The van der Waals surface area contributed by atoms with E-state index in [2.05, 4.69) is 0 Å². The molecule has 3 rings (SSSR count). The Kier molecular flexibility index (Phi) is 5.83. The highest BCUT2D eigenvalue weighted by atomic mass is 16.5. The van der Waals surface area contributed by atoms with Crippen molar-refractivity contribution in [2.45, 2.75) is 25.2 Å². The van der Waals surface area contributed by atoms with Gasteiger partial charge in [0.25, 0.3) is 0 Å². The van der Waals surface area contributed by atoms with Gasteiger partial charge in [-0.15, -0.1) is 0 Å². The van der Waals surface area contributed by atoms with E-state index >= 15 is 0 Å². The Hall–Kier alpha value is -2.62. The Balaban J connectivity index is 1.63. The van der Waals surface area contributed by atoms with Gasteiger partial charge in [0.2, 0.25) is 0 Å². The second-order valence-corrected chi connectivity index (χ2v) is 6.13. The lowest BCUT2D eigenvalue weighted by Gasteiger charge is -2.20. The first kappa shape index (κ1) is 17.2. The molecule has 0 aromatic heterocycles. The Morgan fingerprint density at radius 2 is 1.44 bits per heavy atom. The minimum absolute atomic E-state index is 0.458. The number of ether oxygens (including phenoxy) is 1. The van der Waals surface area contributed by atoms with Crippen molar-refractivity contribution in [2.24, 2.45) is 5.73 Å². The van der Waals surface area contributed by atoms with Crippen LogP contribution < -0.4 is 10.5 Å². The minimum atomic E-state index is -0.647. The first-order valence-corrected chi connectivity index (χ1v) is 8.46. The molecular formula is C22H23NO2. The van der Waals surface area contributed by atoms with Gasteiger partial charge in [-0.3, -0.25) is 0 Å². The molecule has 0 bridgehead atoms. The van der Waals surface area contributed by atoms with Crippen LogP contribution in [0.15, 0.2) is 84.9 Å². The Labute approximate surface area is 148 Å².